The predicted molar refractivity (Wildman–Crippen MR) is 118 cm³/mol. The van der Waals surface area contributed by atoms with Crippen molar-refractivity contribution in [2.45, 2.75) is 45.7 Å². The van der Waals surface area contributed by atoms with Crippen molar-refractivity contribution in [1.82, 2.24) is 35.0 Å². The molecule has 8 heteroatoms. The summed E-state index contributed by atoms with van der Waals surface area (Å²) in [5.74, 6) is 0.726. The molecule has 1 fully saturated rings. The number of nitrogens with zero attached hydrogens (tertiary/aromatic N) is 6. The topological polar surface area (TPSA) is 82.9 Å². The highest BCUT2D eigenvalue weighted by Crippen LogP contribution is 2.31. The average molecular weight is 410 g/mol. The Morgan fingerprint density at radius 1 is 1.20 bits per heavy atom. The first-order valence-electron chi connectivity index (χ1n) is 10.7. The maximum atomic E-state index is 13.3. The summed E-state index contributed by atoms with van der Waals surface area (Å²) in [6.07, 6.45) is 0.883. The van der Waals surface area contributed by atoms with Crippen LogP contribution in [0.5, 0.6) is 0 Å². The number of aryl methyl sites for hydroxylation is 1. The van der Waals surface area contributed by atoms with Gasteiger partial charge in [0.05, 0.1) is 11.1 Å². The predicted octanol–water partition coefficient (Wildman–Crippen LogP) is 2.30. The van der Waals surface area contributed by atoms with Gasteiger partial charge >= 0.3 is 0 Å². The second-order valence-electron chi connectivity index (χ2n) is 8.95. The van der Waals surface area contributed by atoms with Crippen LogP contribution in [0.25, 0.3) is 10.9 Å². The molecule has 1 saturated heterocycles. The number of rotatable bonds is 5. The smallest absolute Gasteiger partial charge is 0.253 e. The molecule has 0 unspecified atom stereocenters. The lowest BCUT2D eigenvalue weighted by molar-refractivity contribution is 0.117. The van der Waals surface area contributed by atoms with Gasteiger partial charge in [-0.25, -0.2) is 4.68 Å². The Morgan fingerprint density at radius 2 is 1.93 bits per heavy atom. The van der Waals surface area contributed by atoms with Gasteiger partial charge in [-0.05, 0) is 61.7 Å². The monoisotopic (exact) mass is 409 g/mol. The summed E-state index contributed by atoms with van der Waals surface area (Å²) in [4.78, 5) is 21.0. The highest BCUT2D eigenvalue weighted by molar-refractivity contribution is 5.82. The molecule has 1 aliphatic heterocycles. The van der Waals surface area contributed by atoms with Crippen LogP contribution in [-0.2, 0) is 5.54 Å². The van der Waals surface area contributed by atoms with Gasteiger partial charge in [-0.1, -0.05) is 25.1 Å². The van der Waals surface area contributed by atoms with Gasteiger partial charge in [0.25, 0.3) is 5.56 Å². The SMILES string of the molecule is CCC(C)(C)n1nnnc1[C@@H](c1cc2cccc(C)c2[nH]c1=O)N1CCN(C)CC1. The molecule has 4 rings (SSSR count). The molecule has 1 N–H and O–H groups in total. The van der Waals surface area contributed by atoms with Crippen LogP contribution >= 0.6 is 0 Å². The van der Waals surface area contributed by atoms with Crippen molar-refractivity contribution in [3.63, 3.8) is 0 Å². The van der Waals surface area contributed by atoms with Crippen LogP contribution in [0.4, 0.5) is 0 Å². The molecule has 1 atom stereocenters. The summed E-state index contributed by atoms with van der Waals surface area (Å²) in [5, 5.41) is 13.8. The molecule has 3 aromatic rings. The van der Waals surface area contributed by atoms with Crippen molar-refractivity contribution in [2.24, 2.45) is 0 Å². The number of benzene rings is 1. The quantitative estimate of drug-likeness (QED) is 0.696. The van der Waals surface area contributed by atoms with Gasteiger partial charge in [-0.2, -0.15) is 0 Å². The third kappa shape index (κ3) is 3.65. The minimum absolute atomic E-state index is 0.0791. The number of tetrazole rings is 1. The standard InChI is InChI=1S/C22H31N7O/c1-6-22(3,4)29-20(24-25-26-29)19(28-12-10-27(5)11-13-28)17-14-16-9-7-8-15(2)18(16)23-21(17)30/h7-9,14,19H,6,10-13H2,1-5H3,(H,23,30)/t19-/m1/s1. The van der Waals surface area contributed by atoms with E-state index in [4.69, 9.17) is 0 Å². The number of nitrogens with one attached hydrogen (secondary N) is 1. The molecule has 3 heterocycles. The zero-order chi connectivity index (χ0) is 21.5. The summed E-state index contributed by atoms with van der Waals surface area (Å²) in [7, 11) is 2.13. The Labute approximate surface area is 176 Å². The lowest BCUT2D eigenvalue weighted by atomic mass is 9.98. The fourth-order valence-corrected chi connectivity index (χ4v) is 4.13. The van der Waals surface area contributed by atoms with E-state index in [2.05, 4.69) is 58.1 Å². The van der Waals surface area contributed by atoms with E-state index < -0.39 is 0 Å². The summed E-state index contributed by atoms with van der Waals surface area (Å²) in [6, 6.07) is 7.80. The number of aromatic amines is 1. The lowest BCUT2D eigenvalue weighted by Gasteiger charge is -2.38. The van der Waals surface area contributed by atoms with Crippen LogP contribution in [0.1, 0.15) is 50.2 Å². The van der Waals surface area contributed by atoms with E-state index >= 15 is 0 Å². The van der Waals surface area contributed by atoms with Gasteiger partial charge < -0.3 is 9.88 Å². The van der Waals surface area contributed by atoms with E-state index in [0.717, 1.165) is 54.9 Å². The Bertz CT molecular complexity index is 1090. The van der Waals surface area contributed by atoms with E-state index in [0.29, 0.717) is 5.56 Å². The van der Waals surface area contributed by atoms with Crippen LogP contribution < -0.4 is 5.56 Å². The Morgan fingerprint density at radius 3 is 2.63 bits per heavy atom. The van der Waals surface area contributed by atoms with Crippen molar-refractivity contribution < 1.29 is 0 Å². The fraction of sp³-hybridized carbons (Fsp3) is 0.545. The van der Waals surface area contributed by atoms with Gasteiger partial charge in [0.1, 0.15) is 6.04 Å². The van der Waals surface area contributed by atoms with Crippen molar-refractivity contribution in [2.75, 3.05) is 33.2 Å². The molecule has 0 radical (unpaired) electrons. The van der Waals surface area contributed by atoms with Crippen molar-refractivity contribution in [3.8, 4) is 0 Å². The van der Waals surface area contributed by atoms with E-state index in [1.807, 2.05) is 35.9 Å². The number of aromatic nitrogens is 5. The van der Waals surface area contributed by atoms with Gasteiger partial charge in [0, 0.05) is 31.7 Å². The molecule has 8 nitrogen and oxygen atoms in total. The number of pyridine rings is 1. The third-order valence-corrected chi connectivity index (χ3v) is 6.49. The van der Waals surface area contributed by atoms with Crippen molar-refractivity contribution in [3.05, 3.63) is 51.6 Å². The maximum absolute atomic E-state index is 13.3. The summed E-state index contributed by atoms with van der Waals surface area (Å²) in [6.45, 7) is 12.0. The van der Waals surface area contributed by atoms with E-state index in [-0.39, 0.29) is 17.1 Å². The number of hydrogen-bond donors (Lipinski definition) is 1. The highest BCUT2D eigenvalue weighted by Gasteiger charge is 2.35. The summed E-state index contributed by atoms with van der Waals surface area (Å²) in [5.41, 5.74) is 2.32. The number of likely N-dealkylation sites (N-methyl/N-ethyl adjacent to an activating group) is 1. The molecule has 2 aromatic heterocycles. The molecule has 0 aliphatic carbocycles. The number of piperazine rings is 1. The molecular formula is C22H31N7O. The first-order valence-corrected chi connectivity index (χ1v) is 10.7. The van der Waals surface area contributed by atoms with Gasteiger partial charge in [-0.15, -0.1) is 5.10 Å². The molecule has 30 heavy (non-hydrogen) atoms. The third-order valence-electron chi connectivity index (χ3n) is 6.49. The molecule has 1 aliphatic rings. The maximum Gasteiger partial charge on any atom is 0.253 e. The molecule has 0 bridgehead atoms. The first-order chi connectivity index (χ1) is 14.3. The van der Waals surface area contributed by atoms with Gasteiger partial charge in [-0.3, -0.25) is 9.69 Å². The minimum atomic E-state index is -0.298. The molecule has 0 saturated carbocycles. The normalized spacial score (nSPS) is 17.5. The van der Waals surface area contributed by atoms with E-state index in [9.17, 15) is 4.79 Å². The van der Waals surface area contributed by atoms with Crippen LogP contribution in [0.2, 0.25) is 0 Å². The Hall–Kier alpha value is -2.58. The molecular weight excluding hydrogens is 378 g/mol. The molecule has 0 amide bonds. The lowest BCUT2D eigenvalue weighted by Crippen LogP contribution is -2.48. The van der Waals surface area contributed by atoms with Crippen molar-refractivity contribution in [1.29, 1.82) is 0 Å². The number of H-pyrrole nitrogens is 1. The van der Waals surface area contributed by atoms with Gasteiger partial charge in [0.2, 0.25) is 0 Å². The molecule has 1 aromatic carbocycles. The Balaban J connectivity index is 1.90. The molecule has 0 spiro atoms. The van der Waals surface area contributed by atoms with Crippen LogP contribution in [0.3, 0.4) is 0 Å². The zero-order valence-electron chi connectivity index (χ0n) is 18.5. The largest absolute Gasteiger partial charge is 0.321 e. The fourth-order valence-electron chi connectivity index (χ4n) is 4.13. The van der Waals surface area contributed by atoms with Crippen molar-refractivity contribution >= 4 is 10.9 Å². The number of para-hydroxylation sites is 1. The Kier molecular flexibility index (Phi) is 5.46. The zero-order valence-corrected chi connectivity index (χ0v) is 18.5. The number of hydrogen-bond acceptors (Lipinski definition) is 6. The highest BCUT2D eigenvalue weighted by atomic mass is 16.1. The van der Waals surface area contributed by atoms with Crippen LogP contribution in [0, 0.1) is 6.92 Å². The van der Waals surface area contributed by atoms with Crippen LogP contribution in [-0.4, -0.2) is 68.2 Å². The second kappa shape index (κ2) is 7.92. The van der Waals surface area contributed by atoms with E-state index in [1.165, 1.54) is 0 Å². The first kappa shape index (κ1) is 20.7. The van der Waals surface area contributed by atoms with Gasteiger partial charge in [0.15, 0.2) is 5.82 Å². The number of fused-ring (bicyclic) bond motifs is 1. The average Bonchev–Trinajstić information content (AvgIpc) is 3.21. The second-order valence-corrected chi connectivity index (χ2v) is 8.95. The summed E-state index contributed by atoms with van der Waals surface area (Å²) < 4.78 is 1.90. The molecule has 160 valence electrons. The van der Waals surface area contributed by atoms with E-state index in [1.54, 1.807) is 0 Å². The van der Waals surface area contributed by atoms with Crippen LogP contribution in [0.15, 0.2) is 29.1 Å². The minimum Gasteiger partial charge on any atom is -0.321 e. The summed E-state index contributed by atoms with van der Waals surface area (Å²) >= 11 is 0.